The van der Waals surface area contributed by atoms with Crippen LogP contribution in [0.3, 0.4) is 0 Å². The zero-order valence-corrected chi connectivity index (χ0v) is 21.7. The van der Waals surface area contributed by atoms with Gasteiger partial charge < -0.3 is 19.5 Å². The quantitative estimate of drug-likeness (QED) is 0.311. The molecular weight excluding hydrogens is 485 g/mol. The van der Waals surface area contributed by atoms with Crippen molar-refractivity contribution in [2.75, 3.05) is 23.8 Å². The number of benzene rings is 2. The smallest absolute Gasteiger partial charge is 0.225 e. The summed E-state index contributed by atoms with van der Waals surface area (Å²) in [4.78, 5) is 23.8. The van der Waals surface area contributed by atoms with E-state index in [9.17, 15) is 9.65 Å². The van der Waals surface area contributed by atoms with E-state index in [1.807, 2.05) is 44.9 Å². The fraction of sp³-hybridized carbons (Fsp3) is 0.259. The lowest BCUT2D eigenvalue weighted by Gasteiger charge is -2.24. The molecule has 0 aliphatic rings. The van der Waals surface area contributed by atoms with Crippen molar-refractivity contribution in [3.05, 3.63) is 60.6 Å². The number of anilines is 3. The Kier molecular flexibility index (Phi) is 6.24. The summed E-state index contributed by atoms with van der Waals surface area (Å²) in [6, 6.07) is 10.9. The molecule has 0 saturated carbocycles. The zero-order valence-electron chi connectivity index (χ0n) is 21.7. The van der Waals surface area contributed by atoms with Crippen molar-refractivity contribution in [1.82, 2.24) is 29.5 Å². The van der Waals surface area contributed by atoms with E-state index >= 15 is 0 Å². The summed E-state index contributed by atoms with van der Waals surface area (Å²) >= 11 is 0. The lowest BCUT2D eigenvalue weighted by molar-refractivity contribution is 0.474. The molecule has 38 heavy (non-hydrogen) atoms. The Bertz CT molecular complexity index is 1710. The number of aryl methyl sites for hydroxylation is 2. The number of hydrogen-bond acceptors (Lipinski definition) is 9. The second-order valence-electron chi connectivity index (χ2n) is 9.81. The van der Waals surface area contributed by atoms with Gasteiger partial charge in [-0.1, -0.05) is 0 Å². The van der Waals surface area contributed by atoms with Crippen LogP contribution in [0.5, 0.6) is 11.5 Å². The minimum absolute atomic E-state index is 0.368. The molecule has 0 aliphatic carbocycles. The summed E-state index contributed by atoms with van der Waals surface area (Å²) in [7, 11) is 3.59. The van der Waals surface area contributed by atoms with Gasteiger partial charge in [0.1, 0.15) is 34.4 Å². The number of aromatic nitrogens is 6. The van der Waals surface area contributed by atoms with Gasteiger partial charge >= 0.3 is 0 Å². The summed E-state index contributed by atoms with van der Waals surface area (Å²) in [6.45, 7) is 6.09. The molecule has 192 valence electrons. The van der Waals surface area contributed by atoms with Gasteiger partial charge in [-0.3, -0.25) is 0 Å². The van der Waals surface area contributed by atoms with Crippen LogP contribution >= 0.6 is 0 Å². The molecule has 10 nitrogen and oxygen atoms in total. The van der Waals surface area contributed by atoms with Gasteiger partial charge in [0.25, 0.3) is 0 Å². The van der Waals surface area contributed by atoms with Gasteiger partial charge in [-0.05, 0) is 44.5 Å². The van der Waals surface area contributed by atoms with Crippen molar-refractivity contribution in [3.8, 4) is 17.6 Å². The first-order valence-corrected chi connectivity index (χ1v) is 11.9. The topological polar surface area (TPSA) is 118 Å². The van der Waals surface area contributed by atoms with Crippen LogP contribution in [0.15, 0.2) is 49.2 Å². The number of hydrogen-bond donors (Lipinski definition) is 1. The first kappa shape index (κ1) is 24.8. The molecule has 3 heterocycles. The highest BCUT2D eigenvalue weighted by Crippen LogP contribution is 2.32. The van der Waals surface area contributed by atoms with Crippen molar-refractivity contribution < 1.29 is 9.13 Å². The van der Waals surface area contributed by atoms with Gasteiger partial charge in [-0.25, -0.2) is 29.3 Å². The molecule has 0 unspecified atom stereocenters. The Morgan fingerprint density at radius 1 is 1.13 bits per heavy atom. The number of nitrogens with zero attached hydrogens (tertiary/aromatic N) is 8. The van der Waals surface area contributed by atoms with E-state index in [1.54, 1.807) is 36.3 Å². The molecule has 3 aromatic heterocycles. The van der Waals surface area contributed by atoms with Crippen LogP contribution in [0.1, 0.15) is 19.4 Å². The molecule has 5 aromatic rings. The molecule has 0 aliphatic heterocycles. The normalized spacial score (nSPS) is 11.5. The Balaban J connectivity index is 1.39. The van der Waals surface area contributed by atoms with Crippen molar-refractivity contribution in [2.45, 2.75) is 20.8 Å². The van der Waals surface area contributed by atoms with Crippen LogP contribution in [0.4, 0.5) is 21.8 Å². The van der Waals surface area contributed by atoms with Crippen LogP contribution in [0.2, 0.25) is 0 Å². The highest BCUT2D eigenvalue weighted by molar-refractivity contribution is 5.87. The molecule has 0 amide bonds. The Labute approximate surface area is 218 Å². The number of fused-ring (bicyclic) bond motifs is 2. The van der Waals surface area contributed by atoms with E-state index in [2.05, 4.69) is 36.3 Å². The number of nitriles is 1. The predicted octanol–water partition coefficient (Wildman–Crippen LogP) is 5.28. The van der Waals surface area contributed by atoms with Crippen molar-refractivity contribution in [2.24, 2.45) is 12.5 Å². The number of rotatable bonds is 7. The molecular formula is C27H26FN9O. The average molecular weight is 512 g/mol. The maximum Gasteiger partial charge on any atom is 0.225 e. The third kappa shape index (κ3) is 4.88. The molecule has 0 bridgehead atoms. The van der Waals surface area contributed by atoms with E-state index < -0.39 is 11.2 Å². The standard InChI is InChI=1S/C27H26FN9O/c1-16-8-17(6-7-22(16)38-18-9-19(28)24-20(10-18)33-15-37(24)5)34-25-23-21(31-14-32-25)11-30-26(35-23)36(4)13-27(2,3)12-29/h6-11,14-15H,13H2,1-5H3,(H,31,32,34). The largest absolute Gasteiger partial charge is 0.457 e. The highest BCUT2D eigenvalue weighted by Gasteiger charge is 2.21. The third-order valence-corrected chi connectivity index (χ3v) is 6.05. The Hall–Kier alpha value is -4.85. The summed E-state index contributed by atoms with van der Waals surface area (Å²) in [5.74, 6) is 1.54. The fourth-order valence-corrected chi connectivity index (χ4v) is 4.20. The molecule has 0 spiro atoms. The van der Waals surface area contributed by atoms with Gasteiger partial charge in [0.15, 0.2) is 11.6 Å². The first-order chi connectivity index (χ1) is 18.1. The zero-order chi connectivity index (χ0) is 27.0. The number of imidazole rings is 1. The van der Waals surface area contributed by atoms with E-state index in [0.717, 1.165) is 11.3 Å². The van der Waals surface area contributed by atoms with Gasteiger partial charge in [0, 0.05) is 38.5 Å². The van der Waals surface area contributed by atoms with Crippen LogP contribution in [0.25, 0.3) is 22.1 Å². The van der Waals surface area contributed by atoms with E-state index in [-0.39, 0.29) is 0 Å². The van der Waals surface area contributed by atoms with Crippen LogP contribution in [0, 0.1) is 29.5 Å². The van der Waals surface area contributed by atoms with Crippen LogP contribution in [-0.4, -0.2) is 43.1 Å². The van der Waals surface area contributed by atoms with Gasteiger partial charge in [0.05, 0.1) is 29.5 Å². The number of nitrogens with one attached hydrogen (secondary N) is 1. The van der Waals surface area contributed by atoms with Crippen LogP contribution in [-0.2, 0) is 7.05 Å². The van der Waals surface area contributed by atoms with Gasteiger partial charge in [-0.2, -0.15) is 5.26 Å². The minimum atomic E-state index is -0.558. The first-order valence-electron chi connectivity index (χ1n) is 11.9. The molecule has 5 rings (SSSR count). The second-order valence-corrected chi connectivity index (χ2v) is 9.81. The molecule has 0 fully saturated rings. The Morgan fingerprint density at radius 2 is 1.95 bits per heavy atom. The molecule has 0 saturated heterocycles. The monoisotopic (exact) mass is 511 g/mol. The second kappa shape index (κ2) is 9.55. The lowest BCUT2D eigenvalue weighted by Crippen LogP contribution is -2.31. The maximum atomic E-state index is 14.6. The molecule has 1 N–H and O–H groups in total. The summed E-state index contributed by atoms with van der Waals surface area (Å²) < 4.78 is 22.2. The number of halogens is 1. The van der Waals surface area contributed by atoms with Gasteiger partial charge in [-0.15, -0.1) is 0 Å². The van der Waals surface area contributed by atoms with E-state index in [4.69, 9.17) is 4.74 Å². The van der Waals surface area contributed by atoms with Crippen LogP contribution < -0.4 is 15.0 Å². The summed E-state index contributed by atoms with van der Waals surface area (Å²) in [6.07, 6.45) is 4.65. The van der Waals surface area contributed by atoms with Crippen molar-refractivity contribution >= 4 is 39.5 Å². The molecule has 11 heteroatoms. The van der Waals surface area contributed by atoms with Crippen molar-refractivity contribution in [3.63, 3.8) is 0 Å². The number of ether oxygens (including phenoxy) is 1. The molecule has 0 atom stereocenters. The molecule has 2 aromatic carbocycles. The van der Waals surface area contributed by atoms with E-state index in [0.29, 0.717) is 51.9 Å². The summed E-state index contributed by atoms with van der Waals surface area (Å²) in [5.41, 5.74) is 3.13. The van der Waals surface area contributed by atoms with E-state index in [1.165, 1.54) is 12.4 Å². The van der Waals surface area contributed by atoms with Gasteiger partial charge in [0.2, 0.25) is 5.95 Å². The minimum Gasteiger partial charge on any atom is -0.457 e. The predicted molar refractivity (Wildman–Crippen MR) is 143 cm³/mol. The molecule has 0 radical (unpaired) electrons. The summed E-state index contributed by atoms with van der Waals surface area (Å²) in [5, 5.41) is 12.7. The lowest BCUT2D eigenvalue weighted by atomic mass is 9.95. The maximum absolute atomic E-state index is 14.6. The highest BCUT2D eigenvalue weighted by atomic mass is 19.1. The van der Waals surface area contributed by atoms with Crippen molar-refractivity contribution in [1.29, 1.82) is 5.26 Å². The SMILES string of the molecule is Cc1cc(Nc2ncnc3cnc(N(C)CC(C)(C)C#N)nc23)ccc1Oc1cc(F)c2c(c1)ncn2C. The third-order valence-electron chi connectivity index (χ3n) is 6.05. The Morgan fingerprint density at radius 3 is 2.71 bits per heavy atom. The average Bonchev–Trinajstić information content (AvgIpc) is 3.26. The fourth-order valence-electron chi connectivity index (χ4n) is 4.20.